The molecule has 4 atom stereocenters. The van der Waals surface area contributed by atoms with Crippen molar-refractivity contribution in [1.82, 2.24) is 5.32 Å². The van der Waals surface area contributed by atoms with Crippen LogP contribution in [0.2, 0.25) is 0 Å². The Labute approximate surface area is 473 Å². The van der Waals surface area contributed by atoms with E-state index in [1.165, 1.54) is 33.1 Å². The lowest BCUT2D eigenvalue weighted by molar-refractivity contribution is -0.883. The van der Waals surface area contributed by atoms with Gasteiger partial charge in [0, 0.05) is 33.2 Å². The van der Waals surface area contributed by atoms with E-state index in [2.05, 4.69) is 31.3 Å². The molecular weight excluding hydrogens is 995 g/mol. The molecule has 0 aliphatic carbocycles. The zero-order valence-electron chi connectivity index (χ0n) is 50.7. The molecule has 0 radical (unpaired) electrons. The Morgan fingerprint density at radius 1 is 0.449 bits per heavy atom. The fourth-order valence-electron chi connectivity index (χ4n) is 9.01. The molecule has 0 spiro atoms. The van der Waals surface area contributed by atoms with Gasteiger partial charge in [0.25, 0.3) is 0 Å². The first-order valence-corrected chi connectivity index (χ1v) is 30.7. The Bertz CT molecular complexity index is 1500. The summed E-state index contributed by atoms with van der Waals surface area (Å²) in [6.07, 6.45) is 35.4. The van der Waals surface area contributed by atoms with Gasteiger partial charge in [-0.3, -0.25) is 19.2 Å². The van der Waals surface area contributed by atoms with Crippen LogP contribution in [0.15, 0.2) is 24.3 Å². The number of hydrogen-bond acceptors (Lipinski definition) is 13. The summed E-state index contributed by atoms with van der Waals surface area (Å²) in [5.74, 6) is -1.38. The lowest BCUT2D eigenvalue weighted by atomic mass is 10.0. The Morgan fingerprint density at radius 3 is 1.28 bits per heavy atom. The highest BCUT2D eigenvalue weighted by atomic mass is 16.6. The molecule has 3 N–H and O–H groups in total. The fourth-order valence-corrected chi connectivity index (χ4v) is 9.01. The van der Waals surface area contributed by atoms with Gasteiger partial charge >= 0.3 is 29.8 Å². The highest BCUT2D eigenvalue weighted by molar-refractivity contribution is 5.75. The van der Waals surface area contributed by atoms with Gasteiger partial charge in [-0.05, 0) is 89.9 Å². The number of rotatable bonds is 53. The van der Waals surface area contributed by atoms with Crippen molar-refractivity contribution < 1.29 is 71.6 Å². The number of nitrogens with one attached hydrogen (secondary N) is 1. The van der Waals surface area contributed by atoms with Gasteiger partial charge in [0.05, 0.1) is 47.0 Å². The van der Waals surface area contributed by atoms with Crippen molar-refractivity contribution in [2.45, 2.75) is 258 Å². The van der Waals surface area contributed by atoms with Gasteiger partial charge in [-0.15, -0.1) is 0 Å². The number of likely N-dealkylation sites (N-methyl/N-ethyl adjacent to an activating group) is 2. The number of unbranched alkanes of at least 4 members (excludes halogenated alkanes) is 21. The molecule has 0 aromatic carbocycles. The van der Waals surface area contributed by atoms with Crippen LogP contribution >= 0.6 is 0 Å². The van der Waals surface area contributed by atoms with Crippen molar-refractivity contribution in [2.24, 2.45) is 0 Å². The second kappa shape index (κ2) is 49.0. The summed E-state index contributed by atoms with van der Waals surface area (Å²) in [5, 5.41) is 24.9. The van der Waals surface area contributed by atoms with Crippen LogP contribution in [0, 0.1) is 0 Å². The Kier molecular flexibility index (Phi) is 46.6. The molecule has 454 valence electrons. The summed E-state index contributed by atoms with van der Waals surface area (Å²) in [4.78, 5) is 72.3. The normalized spacial score (nSPS) is 13.5. The predicted octanol–water partition coefficient (Wildman–Crippen LogP) is 11.1. The SMILES string of the molecule is CCCCCC(OC(=O)C[N+](C)(C)CCOC(C)=O)C(O)C/C=C\CCCCCCCC(=O)NCCCCCCCCCCOC(=O)CCCCCCC/C=C\CC(O)C(CCCCC)OC(=O)C[N+](C)(C)CCOC(C)=O. The summed E-state index contributed by atoms with van der Waals surface area (Å²) in [7, 11) is 7.55. The summed E-state index contributed by atoms with van der Waals surface area (Å²) < 4.78 is 27.7. The monoisotopic (exact) mass is 1110 g/mol. The van der Waals surface area contributed by atoms with Crippen molar-refractivity contribution in [3.05, 3.63) is 24.3 Å². The smallest absolute Gasteiger partial charge is 0.362 e. The summed E-state index contributed by atoms with van der Waals surface area (Å²) >= 11 is 0. The quantitative estimate of drug-likeness (QED) is 0.0171. The van der Waals surface area contributed by atoms with E-state index >= 15 is 0 Å². The molecule has 0 bridgehead atoms. The van der Waals surface area contributed by atoms with Crippen LogP contribution in [-0.2, 0) is 52.5 Å². The molecule has 0 aliphatic rings. The highest BCUT2D eigenvalue weighted by Crippen LogP contribution is 2.18. The molecule has 16 nitrogen and oxygen atoms in total. The van der Waals surface area contributed by atoms with Crippen LogP contribution in [-0.4, -0.2) is 160 Å². The number of ether oxygens (including phenoxy) is 5. The maximum absolute atomic E-state index is 12.8. The van der Waals surface area contributed by atoms with Crippen LogP contribution in [0.4, 0.5) is 0 Å². The zero-order chi connectivity index (χ0) is 58.1. The standard InChI is InChI=1S/C62H114N3O13/c1-9-11-31-41-57(77-61(72)51-64(5,6)46-49-74-53(3)66)55(68)39-33-25-19-13-15-21-27-35-43-59(70)63-45-37-29-23-17-18-24-30-38-48-76-60(71)44-36-28-22-16-14-20-26-34-40-56(69)58(42-32-12-10-2)78-62(73)52-65(7,8)47-50-75-54(4)67/h25-26,33-34,55-58,68-69H,9-24,27-32,35-52H2,1-8H3/q+1/p+1/b33-25-,34-26-. The number of aliphatic hydroxyl groups excluding tert-OH is 2. The van der Waals surface area contributed by atoms with E-state index < -0.39 is 24.4 Å². The minimum Gasteiger partial charge on any atom is -0.466 e. The number of aliphatic hydroxyl groups is 2. The molecule has 0 fully saturated rings. The molecule has 0 saturated heterocycles. The third kappa shape index (κ3) is 48.1. The van der Waals surface area contributed by atoms with Gasteiger partial charge in [-0.1, -0.05) is 141 Å². The zero-order valence-corrected chi connectivity index (χ0v) is 50.7. The number of amides is 1. The van der Waals surface area contributed by atoms with Gasteiger partial charge in [-0.2, -0.15) is 0 Å². The van der Waals surface area contributed by atoms with Gasteiger partial charge in [-0.25, -0.2) is 9.59 Å². The molecule has 0 saturated carbocycles. The average Bonchev–Trinajstić information content (AvgIpc) is 3.36. The van der Waals surface area contributed by atoms with Gasteiger partial charge in [0.2, 0.25) is 5.91 Å². The number of carbonyl (C=O) groups excluding carboxylic acids is 6. The number of hydrogen-bond donors (Lipinski definition) is 3. The van der Waals surface area contributed by atoms with E-state index in [-0.39, 0.29) is 62.1 Å². The lowest BCUT2D eigenvalue weighted by Gasteiger charge is -2.30. The molecule has 16 heteroatoms. The van der Waals surface area contributed by atoms with Crippen LogP contribution in [0.3, 0.4) is 0 Å². The number of nitrogens with zero attached hydrogens (tertiary/aromatic N) is 2. The molecule has 1 amide bonds. The minimum absolute atomic E-state index is 0.103. The molecule has 0 aliphatic heterocycles. The van der Waals surface area contributed by atoms with E-state index in [4.69, 9.17) is 23.7 Å². The molecule has 0 aromatic heterocycles. The summed E-state index contributed by atoms with van der Waals surface area (Å²) in [6, 6.07) is 0. The second-order valence-electron chi connectivity index (χ2n) is 22.9. The number of allylic oxidation sites excluding steroid dienone is 2. The molecule has 0 heterocycles. The summed E-state index contributed by atoms with van der Waals surface area (Å²) in [6.45, 7) is 9.90. The van der Waals surface area contributed by atoms with E-state index in [0.29, 0.717) is 67.2 Å². The Balaban J connectivity index is 3.90. The van der Waals surface area contributed by atoms with E-state index in [1.807, 2.05) is 40.3 Å². The number of esters is 5. The number of quaternary nitrogens is 2. The molecule has 4 unspecified atom stereocenters. The topological polar surface area (TPSA) is 201 Å². The minimum atomic E-state index is -0.765. The molecule has 78 heavy (non-hydrogen) atoms. The van der Waals surface area contributed by atoms with Crippen molar-refractivity contribution in [2.75, 3.05) is 80.7 Å². The third-order valence-electron chi connectivity index (χ3n) is 14.0. The highest BCUT2D eigenvalue weighted by Gasteiger charge is 2.29. The Hall–Kier alpha value is -3.86. The van der Waals surface area contributed by atoms with Crippen molar-refractivity contribution in [1.29, 1.82) is 0 Å². The van der Waals surface area contributed by atoms with Crippen LogP contribution in [0.1, 0.15) is 233 Å². The molecular formula is C62H115N3O13+2. The number of carbonyl (C=O) groups is 6. The predicted molar refractivity (Wildman–Crippen MR) is 310 cm³/mol. The first kappa shape index (κ1) is 74.1. The maximum Gasteiger partial charge on any atom is 0.362 e. The molecule has 0 rings (SSSR count). The van der Waals surface area contributed by atoms with Crippen LogP contribution in [0.25, 0.3) is 0 Å². The van der Waals surface area contributed by atoms with Gasteiger partial charge in [0.1, 0.15) is 38.5 Å². The Morgan fingerprint density at radius 2 is 0.846 bits per heavy atom. The van der Waals surface area contributed by atoms with Gasteiger partial charge in [0.15, 0.2) is 13.1 Å². The van der Waals surface area contributed by atoms with Crippen molar-refractivity contribution >= 4 is 35.8 Å². The summed E-state index contributed by atoms with van der Waals surface area (Å²) in [5.41, 5.74) is 0. The molecule has 0 aromatic rings. The largest absolute Gasteiger partial charge is 0.466 e. The van der Waals surface area contributed by atoms with E-state index in [1.54, 1.807) is 0 Å². The van der Waals surface area contributed by atoms with E-state index in [0.717, 1.165) is 154 Å². The van der Waals surface area contributed by atoms with Crippen LogP contribution < -0.4 is 5.32 Å². The van der Waals surface area contributed by atoms with Crippen molar-refractivity contribution in [3.63, 3.8) is 0 Å². The first-order chi connectivity index (χ1) is 37.3. The average molecular weight is 1110 g/mol. The van der Waals surface area contributed by atoms with Crippen LogP contribution in [0.5, 0.6) is 0 Å². The van der Waals surface area contributed by atoms with Crippen molar-refractivity contribution in [3.8, 4) is 0 Å². The van der Waals surface area contributed by atoms with Gasteiger partial charge < -0.3 is 48.2 Å². The fraction of sp³-hybridized carbons (Fsp3) is 0.839. The maximum atomic E-state index is 12.8. The lowest BCUT2D eigenvalue weighted by Crippen LogP contribution is -2.47. The third-order valence-corrected chi connectivity index (χ3v) is 14.0. The first-order valence-electron chi connectivity index (χ1n) is 30.7. The second-order valence-corrected chi connectivity index (χ2v) is 22.9. The van der Waals surface area contributed by atoms with E-state index in [9.17, 15) is 39.0 Å².